The van der Waals surface area contributed by atoms with Gasteiger partial charge in [0.15, 0.2) is 0 Å². The fourth-order valence-electron chi connectivity index (χ4n) is 1.49. The maximum absolute atomic E-state index is 11.9. The van der Waals surface area contributed by atoms with E-state index in [2.05, 4.69) is 23.8 Å². The van der Waals surface area contributed by atoms with Crippen molar-refractivity contribution >= 4 is 11.6 Å². The van der Waals surface area contributed by atoms with E-state index in [1.807, 2.05) is 0 Å². The predicted molar refractivity (Wildman–Crippen MR) is 66.1 cm³/mol. The fourth-order valence-corrected chi connectivity index (χ4v) is 1.71. The molecule has 0 aliphatic rings. The second-order valence-corrected chi connectivity index (χ2v) is 4.80. The predicted octanol–water partition coefficient (Wildman–Crippen LogP) is 3.15. The van der Waals surface area contributed by atoms with Crippen molar-refractivity contribution in [2.75, 3.05) is 13.2 Å². The van der Waals surface area contributed by atoms with Gasteiger partial charge in [-0.15, -0.1) is 0 Å². The van der Waals surface area contributed by atoms with Crippen molar-refractivity contribution in [2.45, 2.75) is 33.1 Å². The third-order valence-electron chi connectivity index (χ3n) is 2.13. The minimum atomic E-state index is -2.44. The Balaban J connectivity index is 2.51. The van der Waals surface area contributed by atoms with Crippen LogP contribution in [0.4, 0.5) is 8.78 Å². The van der Waals surface area contributed by atoms with E-state index in [1.165, 1.54) is 0 Å². The molecular weight excluding hydrogens is 262 g/mol. The Morgan fingerprint density at radius 2 is 2.06 bits per heavy atom. The van der Waals surface area contributed by atoms with Gasteiger partial charge in [0, 0.05) is 12.1 Å². The largest absolute Gasteiger partial charge is 0.375 e. The molecule has 102 valence electrons. The number of alkyl halides is 2. The molecule has 1 aromatic heterocycles. The fraction of sp³-hybridized carbons (Fsp3) is 0.667. The van der Waals surface area contributed by atoms with Crippen LogP contribution in [0.5, 0.6) is 0 Å². The lowest BCUT2D eigenvalue weighted by atomic mass is 10.1. The van der Waals surface area contributed by atoms with Gasteiger partial charge in [0.25, 0.3) is 6.43 Å². The molecule has 0 saturated heterocycles. The number of aromatic nitrogens is 2. The quantitative estimate of drug-likeness (QED) is 0.568. The van der Waals surface area contributed by atoms with E-state index >= 15 is 0 Å². The van der Waals surface area contributed by atoms with Gasteiger partial charge in [0.1, 0.15) is 17.6 Å². The summed E-state index contributed by atoms with van der Waals surface area (Å²) in [6, 6.07) is 1.73. The lowest BCUT2D eigenvalue weighted by molar-refractivity contribution is 0.0182. The van der Waals surface area contributed by atoms with Crippen LogP contribution in [0.15, 0.2) is 6.07 Å². The van der Waals surface area contributed by atoms with E-state index in [4.69, 9.17) is 16.3 Å². The van der Waals surface area contributed by atoms with Crippen LogP contribution in [-0.2, 0) is 17.6 Å². The molecule has 0 radical (unpaired) electrons. The number of hydrogen-bond donors (Lipinski definition) is 0. The summed E-state index contributed by atoms with van der Waals surface area (Å²) < 4.78 is 28.5. The third kappa shape index (κ3) is 6.21. The Labute approximate surface area is 111 Å². The molecule has 6 heteroatoms. The van der Waals surface area contributed by atoms with E-state index in [9.17, 15) is 8.78 Å². The molecule has 1 aromatic rings. The molecule has 0 aromatic carbocycles. The zero-order valence-corrected chi connectivity index (χ0v) is 11.3. The summed E-state index contributed by atoms with van der Waals surface area (Å²) in [6.45, 7) is 3.79. The summed E-state index contributed by atoms with van der Waals surface area (Å²) in [5.74, 6) is 1.01. The molecule has 3 nitrogen and oxygen atoms in total. The zero-order valence-electron chi connectivity index (χ0n) is 10.5. The summed E-state index contributed by atoms with van der Waals surface area (Å²) in [5.41, 5.74) is 0.869. The molecule has 0 unspecified atom stereocenters. The Hall–Kier alpha value is -0.810. The smallest absolute Gasteiger partial charge is 0.261 e. The SMILES string of the molecule is CC(C)Cc1cc(Cl)nc(CCOCC(F)F)n1. The average Bonchev–Trinajstić information content (AvgIpc) is 2.22. The van der Waals surface area contributed by atoms with Crippen molar-refractivity contribution in [3.05, 3.63) is 22.7 Å². The Kier molecular flexibility index (Phi) is 6.43. The van der Waals surface area contributed by atoms with Crippen LogP contribution in [-0.4, -0.2) is 29.6 Å². The standard InChI is InChI=1S/C12H17ClF2N2O/c1-8(2)5-9-6-10(13)17-12(16-9)3-4-18-7-11(14)15/h6,8,11H,3-5,7H2,1-2H3. The highest BCUT2D eigenvalue weighted by molar-refractivity contribution is 6.29. The van der Waals surface area contributed by atoms with Gasteiger partial charge >= 0.3 is 0 Å². The summed E-state index contributed by atoms with van der Waals surface area (Å²) in [5, 5.41) is 0.379. The molecule has 0 amide bonds. The number of halogens is 3. The molecule has 0 aliphatic carbocycles. The van der Waals surface area contributed by atoms with Crippen molar-refractivity contribution in [1.82, 2.24) is 9.97 Å². The molecule has 18 heavy (non-hydrogen) atoms. The van der Waals surface area contributed by atoms with Crippen molar-refractivity contribution in [2.24, 2.45) is 5.92 Å². The zero-order chi connectivity index (χ0) is 13.5. The molecule has 0 atom stereocenters. The van der Waals surface area contributed by atoms with Crippen LogP contribution < -0.4 is 0 Å². The molecule has 1 heterocycles. The summed E-state index contributed by atoms with van der Waals surface area (Å²) in [6.07, 6.45) is -1.24. The highest BCUT2D eigenvalue weighted by Gasteiger charge is 2.07. The second kappa shape index (κ2) is 7.59. The number of rotatable bonds is 7. The van der Waals surface area contributed by atoms with E-state index in [-0.39, 0.29) is 6.61 Å². The van der Waals surface area contributed by atoms with Crippen molar-refractivity contribution in [3.8, 4) is 0 Å². The Morgan fingerprint density at radius 1 is 1.33 bits per heavy atom. The van der Waals surface area contributed by atoms with E-state index in [1.54, 1.807) is 6.07 Å². The first-order valence-corrected chi connectivity index (χ1v) is 6.23. The summed E-state index contributed by atoms with van der Waals surface area (Å²) >= 11 is 5.88. The van der Waals surface area contributed by atoms with Crippen molar-refractivity contribution in [1.29, 1.82) is 0 Å². The molecule has 0 bridgehead atoms. The average molecular weight is 279 g/mol. The van der Waals surface area contributed by atoms with Gasteiger partial charge in [-0.05, 0) is 18.4 Å². The van der Waals surface area contributed by atoms with Crippen LogP contribution in [0.25, 0.3) is 0 Å². The molecule has 0 saturated carbocycles. The molecule has 0 N–H and O–H groups in total. The minimum Gasteiger partial charge on any atom is -0.375 e. The molecule has 0 fully saturated rings. The van der Waals surface area contributed by atoms with Crippen LogP contribution in [0.3, 0.4) is 0 Å². The topological polar surface area (TPSA) is 35.0 Å². The van der Waals surface area contributed by atoms with Crippen molar-refractivity contribution < 1.29 is 13.5 Å². The molecule has 1 rings (SSSR count). The van der Waals surface area contributed by atoms with Crippen molar-refractivity contribution in [3.63, 3.8) is 0 Å². The van der Waals surface area contributed by atoms with E-state index in [0.717, 1.165) is 12.1 Å². The molecule has 0 spiro atoms. The lowest BCUT2D eigenvalue weighted by Gasteiger charge is -2.07. The first-order chi connectivity index (χ1) is 8.47. The van der Waals surface area contributed by atoms with Gasteiger partial charge in [0.2, 0.25) is 0 Å². The lowest BCUT2D eigenvalue weighted by Crippen LogP contribution is -2.10. The number of nitrogens with zero attached hydrogens (tertiary/aromatic N) is 2. The second-order valence-electron chi connectivity index (χ2n) is 4.41. The first kappa shape index (κ1) is 15.2. The minimum absolute atomic E-state index is 0.172. The highest BCUT2D eigenvalue weighted by Crippen LogP contribution is 2.11. The van der Waals surface area contributed by atoms with Crippen LogP contribution >= 0.6 is 11.6 Å². The Morgan fingerprint density at radius 3 is 2.67 bits per heavy atom. The number of hydrogen-bond acceptors (Lipinski definition) is 3. The van der Waals surface area contributed by atoms with Crippen LogP contribution in [0.2, 0.25) is 5.15 Å². The molecule has 0 aliphatic heterocycles. The third-order valence-corrected chi connectivity index (χ3v) is 2.32. The van der Waals surface area contributed by atoms with Gasteiger partial charge in [-0.3, -0.25) is 0 Å². The monoisotopic (exact) mass is 278 g/mol. The normalized spacial score (nSPS) is 11.5. The van der Waals surface area contributed by atoms with Gasteiger partial charge in [-0.2, -0.15) is 0 Å². The summed E-state index contributed by atoms with van der Waals surface area (Å²) in [4.78, 5) is 8.37. The van der Waals surface area contributed by atoms with Gasteiger partial charge < -0.3 is 4.74 Å². The van der Waals surface area contributed by atoms with Crippen LogP contribution in [0.1, 0.15) is 25.4 Å². The molecular formula is C12H17ClF2N2O. The van der Waals surface area contributed by atoms with E-state index in [0.29, 0.717) is 23.3 Å². The maximum atomic E-state index is 11.9. The Bertz CT molecular complexity index is 375. The summed E-state index contributed by atoms with van der Waals surface area (Å²) in [7, 11) is 0. The van der Waals surface area contributed by atoms with Crippen LogP contribution in [0, 0.1) is 5.92 Å². The highest BCUT2D eigenvalue weighted by atomic mass is 35.5. The van der Waals surface area contributed by atoms with Gasteiger partial charge in [-0.1, -0.05) is 25.4 Å². The first-order valence-electron chi connectivity index (χ1n) is 5.85. The van der Waals surface area contributed by atoms with E-state index < -0.39 is 13.0 Å². The van der Waals surface area contributed by atoms with Gasteiger partial charge in [-0.25, -0.2) is 18.7 Å². The maximum Gasteiger partial charge on any atom is 0.261 e. The number of ether oxygens (including phenoxy) is 1. The van der Waals surface area contributed by atoms with Gasteiger partial charge in [0.05, 0.1) is 6.61 Å².